The van der Waals surface area contributed by atoms with Gasteiger partial charge in [0.1, 0.15) is 0 Å². The first-order valence-electron chi connectivity index (χ1n) is 4.44. The lowest BCUT2D eigenvalue weighted by Crippen LogP contribution is -2.31. The van der Waals surface area contributed by atoms with E-state index in [1.165, 1.54) is 6.33 Å². The van der Waals surface area contributed by atoms with Crippen LogP contribution < -0.4 is 10.1 Å². The highest BCUT2D eigenvalue weighted by Gasteiger charge is 2.03. The second kappa shape index (κ2) is 3.95. The van der Waals surface area contributed by atoms with Gasteiger partial charge in [-0.05, 0) is 0 Å². The normalized spacial score (nSPS) is 11.7. The molecule has 0 saturated carbocycles. The number of rotatable bonds is 1. The smallest absolute Gasteiger partial charge is 0.323 e. The van der Waals surface area contributed by atoms with E-state index >= 15 is 0 Å². The first-order valence-corrected chi connectivity index (χ1v) is 4.44. The van der Waals surface area contributed by atoms with Crippen molar-refractivity contribution in [1.82, 2.24) is 19.5 Å². The second-order valence-corrected chi connectivity index (χ2v) is 3.08. The molecule has 0 atom stereocenters. The highest BCUT2D eigenvalue weighted by Crippen LogP contribution is 1.92. The van der Waals surface area contributed by atoms with Crippen LogP contribution in [0.4, 0.5) is 5.95 Å². The minimum atomic E-state index is 0.591. The van der Waals surface area contributed by atoms with Crippen LogP contribution in [0, 0.1) is 0 Å². The van der Waals surface area contributed by atoms with Crippen LogP contribution in [-0.2, 0) is 14.1 Å². The monoisotopic (exact) mass is 203 g/mol. The molecule has 6 heteroatoms. The van der Waals surface area contributed by atoms with Gasteiger partial charge in [0.2, 0.25) is 11.8 Å². The molecule has 0 amide bonds. The van der Waals surface area contributed by atoms with Gasteiger partial charge >= 0.3 is 5.95 Å². The van der Waals surface area contributed by atoms with Crippen molar-refractivity contribution in [2.45, 2.75) is 0 Å². The van der Waals surface area contributed by atoms with Gasteiger partial charge in [-0.15, -0.1) is 4.98 Å². The van der Waals surface area contributed by atoms with Crippen molar-refractivity contribution in [2.75, 3.05) is 0 Å². The predicted molar refractivity (Wildman–Crippen MR) is 51.6 cm³/mol. The molecule has 76 valence electrons. The molecule has 0 aromatic carbocycles. The zero-order valence-corrected chi connectivity index (χ0v) is 8.57. The lowest BCUT2D eigenvalue weighted by molar-refractivity contribution is -0.664. The van der Waals surface area contributed by atoms with Gasteiger partial charge in [0.15, 0.2) is 6.33 Å². The quantitative estimate of drug-likeness (QED) is 0.574. The average molecular weight is 203 g/mol. The molecule has 6 nitrogen and oxygen atoms in total. The van der Waals surface area contributed by atoms with E-state index in [1.807, 2.05) is 24.9 Å². The molecule has 15 heavy (non-hydrogen) atoms. The van der Waals surface area contributed by atoms with E-state index in [-0.39, 0.29) is 0 Å². The molecule has 0 aliphatic rings. The van der Waals surface area contributed by atoms with E-state index in [2.05, 4.69) is 19.9 Å². The first-order chi connectivity index (χ1) is 7.27. The number of hydrogen-bond donors (Lipinski definition) is 0. The molecular formula is C9H11N6+. The van der Waals surface area contributed by atoms with Gasteiger partial charge in [-0.25, -0.2) is 4.57 Å². The van der Waals surface area contributed by atoms with Crippen LogP contribution in [0.3, 0.4) is 0 Å². The Balaban J connectivity index is 2.57. The summed E-state index contributed by atoms with van der Waals surface area (Å²) >= 11 is 0. The summed E-state index contributed by atoms with van der Waals surface area (Å²) in [7, 11) is 3.75. The fourth-order valence-corrected chi connectivity index (χ4v) is 1.09. The Kier molecular flexibility index (Phi) is 2.49. The van der Waals surface area contributed by atoms with E-state index in [0.29, 0.717) is 5.95 Å². The topological polar surface area (TPSA) is 59.8 Å². The van der Waals surface area contributed by atoms with E-state index in [1.54, 1.807) is 23.3 Å². The summed E-state index contributed by atoms with van der Waals surface area (Å²) < 4.78 is 3.61. The number of aromatic nitrogens is 5. The summed E-state index contributed by atoms with van der Waals surface area (Å²) in [6.07, 6.45) is 8.35. The van der Waals surface area contributed by atoms with Crippen LogP contribution in [-0.4, -0.2) is 19.5 Å². The number of nitrogens with zero attached hydrogens (tertiary/aromatic N) is 6. The maximum Gasteiger partial charge on any atom is 0.388 e. The molecule has 0 unspecified atom stereocenters. The van der Waals surface area contributed by atoms with E-state index in [9.17, 15) is 0 Å². The van der Waals surface area contributed by atoms with Crippen LogP contribution >= 0.6 is 0 Å². The number of hydrogen-bond acceptors (Lipinski definition) is 4. The maximum atomic E-state index is 4.35. The van der Waals surface area contributed by atoms with Crippen molar-refractivity contribution >= 4 is 5.95 Å². The molecule has 0 aliphatic carbocycles. The first kappa shape index (κ1) is 9.45. The molecule has 0 bridgehead atoms. The Morgan fingerprint density at radius 3 is 3.00 bits per heavy atom. The third-order valence-corrected chi connectivity index (χ3v) is 1.94. The van der Waals surface area contributed by atoms with Crippen LogP contribution in [0.2, 0.25) is 0 Å². The highest BCUT2D eigenvalue weighted by atomic mass is 15.2. The van der Waals surface area contributed by atoms with Crippen molar-refractivity contribution in [3.05, 3.63) is 36.7 Å². The van der Waals surface area contributed by atoms with Gasteiger partial charge in [-0.3, -0.25) is 4.98 Å². The minimum Gasteiger partial charge on any atom is -0.323 e. The molecular weight excluding hydrogens is 192 g/mol. The molecule has 0 radical (unpaired) electrons. The second-order valence-electron chi connectivity index (χ2n) is 3.08. The van der Waals surface area contributed by atoms with Gasteiger partial charge in [0, 0.05) is 19.4 Å². The minimum absolute atomic E-state index is 0.591. The van der Waals surface area contributed by atoms with Gasteiger partial charge in [-0.1, -0.05) is 9.98 Å². The van der Waals surface area contributed by atoms with Gasteiger partial charge in [-0.2, -0.15) is 0 Å². The summed E-state index contributed by atoms with van der Waals surface area (Å²) in [5.41, 5.74) is 0.742. The Bertz CT molecular complexity index is 530. The molecule has 2 rings (SSSR count). The maximum absolute atomic E-state index is 4.35. The van der Waals surface area contributed by atoms with Crippen LogP contribution in [0.25, 0.3) is 0 Å². The summed E-state index contributed by atoms with van der Waals surface area (Å²) in [5.74, 6) is 0.591. The van der Waals surface area contributed by atoms with Crippen molar-refractivity contribution in [3.8, 4) is 0 Å². The van der Waals surface area contributed by atoms with Gasteiger partial charge < -0.3 is 4.57 Å². The highest BCUT2D eigenvalue weighted by molar-refractivity contribution is 5.01. The number of aryl methyl sites for hydroxylation is 2. The summed E-state index contributed by atoms with van der Waals surface area (Å²) in [6.45, 7) is 0. The molecule has 0 spiro atoms. The largest absolute Gasteiger partial charge is 0.388 e. The average Bonchev–Trinajstić information content (AvgIpc) is 2.24. The molecule has 0 saturated heterocycles. The molecule has 2 aromatic heterocycles. The summed E-state index contributed by atoms with van der Waals surface area (Å²) in [6, 6.07) is 0. The van der Waals surface area contributed by atoms with Crippen LogP contribution in [0.1, 0.15) is 0 Å². The standard InChI is InChI=1S/C9H11N6/c1-14-4-3-10-5-8(14)13-9-12-6-11-7-15(9)2/h3-7H,1-2H3/q+1. The lowest BCUT2D eigenvalue weighted by Gasteiger charge is -1.95. The van der Waals surface area contributed by atoms with E-state index in [0.717, 1.165) is 5.49 Å². The van der Waals surface area contributed by atoms with Crippen LogP contribution in [0.15, 0.2) is 36.2 Å². The molecule has 0 aliphatic heterocycles. The Labute approximate surface area is 86.6 Å². The third kappa shape index (κ3) is 2.04. The Morgan fingerprint density at radius 2 is 2.27 bits per heavy atom. The SMILES string of the molecule is Cn1ccncc1=Nc1ncnc[n+]1C. The molecule has 2 aromatic rings. The predicted octanol–water partition coefficient (Wildman–Crippen LogP) is -0.733. The summed E-state index contributed by atoms with van der Waals surface area (Å²) in [5, 5.41) is 0. The van der Waals surface area contributed by atoms with Crippen molar-refractivity contribution in [2.24, 2.45) is 19.1 Å². The van der Waals surface area contributed by atoms with Crippen molar-refractivity contribution in [3.63, 3.8) is 0 Å². The Hall–Kier alpha value is -2.11. The van der Waals surface area contributed by atoms with E-state index in [4.69, 9.17) is 0 Å². The lowest BCUT2D eigenvalue weighted by atomic mass is 10.7. The zero-order chi connectivity index (χ0) is 10.7. The van der Waals surface area contributed by atoms with Gasteiger partial charge in [0.25, 0.3) is 0 Å². The Morgan fingerprint density at radius 1 is 1.40 bits per heavy atom. The molecule has 0 fully saturated rings. The third-order valence-electron chi connectivity index (χ3n) is 1.94. The molecule has 0 N–H and O–H groups in total. The van der Waals surface area contributed by atoms with Crippen molar-refractivity contribution in [1.29, 1.82) is 0 Å². The van der Waals surface area contributed by atoms with Crippen LogP contribution in [0.5, 0.6) is 0 Å². The van der Waals surface area contributed by atoms with E-state index < -0.39 is 0 Å². The van der Waals surface area contributed by atoms with Gasteiger partial charge in [0.05, 0.1) is 13.2 Å². The fourth-order valence-electron chi connectivity index (χ4n) is 1.09. The zero-order valence-electron chi connectivity index (χ0n) is 8.57. The fraction of sp³-hybridized carbons (Fsp3) is 0.222. The molecule has 2 heterocycles. The summed E-state index contributed by atoms with van der Waals surface area (Å²) in [4.78, 5) is 16.3. The van der Waals surface area contributed by atoms with Crippen molar-refractivity contribution < 1.29 is 4.57 Å².